The molecule has 0 fully saturated rings. The lowest BCUT2D eigenvalue weighted by Gasteiger charge is -2.11. The minimum absolute atomic E-state index is 0.420. The molecular formula is C20H24N2O2S. The SMILES string of the molecule is Cc1ccc([S@](=O)N[C@H](C#N)CCCCOCc2ccccc2)cc1. The summed E-state index contributed by atoms with van der Waals surface area (Å²) in [5.41, 5.74) is 2.28. The van der Waals surface area contributed by atoms with Crippen LogP contribution in [-0.2, 0) is 22.3 Å². The molecule has 2 aromatic carbocycles. The zero-order valence-electron chi connectivity index (χ0n) is 14.5. The smallest absolute Gasteiger partial charge is 0.126 e. The molecule has 0 aromatic heterocycles. The summed E-state index contributed by atoms with van der Waals surface area (Å²) in [5, 5.41) is 9.24. The number of hydrogen-bond acceptors (Lipinski definition) is 3. The number of ether oxygens (including phenoxy) is 1. The number of nitrogens with zero attached hydrogens (tertiary/aromatic N) is 1. The third-order valence-electron chi connectivity index (χ3n) is 3.78. The molecule has 0 unspecified atom stereocenters. The van der Waals surface area contributed by atoms with Gasteiger partial charge in [-0.15, -0.1) is 0 Å². The maximum atomic E-state index is 12.2. The third-order valence-corrected chi connectivity index (χ3v) is 4.98. The molecule has 0 saturated heterocycles. The number of rotatable bonds is 10. The van der Waals surface area contributed by atoms with E-state index in [1.165, 1.54) is 0 Å². The topological polar surface area (TPSA) is 62.1 Å². The molecule has 2 aromatic rings. The normalized spacial score (nSPS) is 13.1. The molecule has 0 amide bonds. The summed E-state index contributed by atoms with van der Waals surface area (Å²) >= 11 is 0. The average Bonchev–Trinajstić information content (AvgIpc) is 2.64. The van der Waals surface area contributed by atoms with Crippen molar-refractivity contribution >= 4 is 11.0 Å². The van der Waals surface area contributed by atoms with E-state index in [4.69, 9.17) is 4.74 Å². The molecule has 0 heterocycles. The molecule has 2 rings (SSSR count). The van der Waals surface area contributed by atoms with Crippen LogP contribution in [0.15, 0.2) is 59.5 Å². The molecule has 1 N–H and O–H groups in total. The van der Waals surface area contributed by atoms with Crippen LogP contribution >= 0.6 is 0 Å². The molecule has 0 aliphatic carbocycles. The van der Waals surface area contributed by atoms with E-state index in [1.807, 2.05) is 61.5 Å². The third kappa shape index (κ3) is 7.18. The Morgan fingerprint density at radius 2 is 1.84 bits per heavy atom. The van der Waals surface area contributed by atoms with E-state index in [9.17, 15) is 9.47 Å². The van der Waals surface area contributed by atoms with Gasteiger partial charge in [-0.05, 0) is 43.9 Å². The first kappa shape index (κ1) is 19.3. The second-order valence-corrected chi connectivity index (χ2v) is 7.16. The molecule has 4 nitrogen and oxygen atoms in total. The van der Waals surface area contributed by atoms with Crippen molar-refractivity contribution in [2.45, 2.75) is 43.7 Å². The van der Waals surface area contributed by atoms with Crippen LogP contribution in [-0.4, -0.2) is 16.9 Å². The van der Waals surface area contributed by atoms with Gasteiger partial charge in [-0.2, -0.15) is 5.26 Å². The summed E-state index contributed by atoms with van der Waals surface area (Å²) in [4.78, 5) is 0.692. The van der Waals surface area contributed by atoms with Gasteiger partial charge in [0.15, 0.2) is 0 Å². The van der Waals surface area contributed by atoms with Crippen molar-refractivity contribution in [1.82, 2.24) is 4.72 Å². The number of hydrogen-bond donors (Lipinski definition) is 1. The zero-order valence-corrected chi connectivity index (χ0v) is 15.3. The maximum absolute atomic E-state index is 12.2. The quantitative estimate of drug-likeness (QED) is 0.657. The average molecular weight is 356 g/mol. The zero-order chi connectivity index (χ0) is 17.9. The fourth-order valence-corrected chi connectivity index (χ4v) is 3.27. The Hall–Kier alpha value is -2.00. The minimum atomic E-state index is -1.36. The monoisotopic (exact) mass is 356 g/mol. The van der Waals surface area contributed by atoms with Crippen molar-refractivity contribution in [3.63, 3.8) is 0 Å². The lowest BCUT2D eigenvalue weighted by atomic mass is 10.1. The Morgan fingerprint density at radius 1 is 1.12 bits per heavy atom. The summed E-state index contributed by atoms with van der Waals surface area (Å²) in [5.74, 6) is 0. The summed E-state index contributed by atoms with van der Waals surface area (Å²) in [6, 6.07) is 19.3. The van der Waals surface area contributed by atoms with Gasteiger partial charge in [0.2, 0.25) is 0 Å². The van der Waals surface area contributed by atoms with E-state index in [0.29, 0.717) is 24.5 Å². The van der Waals surface area contributed by atoms with E-state index in [0.717, 1.165) is 24.0 Å². The van der Waals surface area contributed by atoms with Crippen molar-refractivity contribution in [1.29, 1.82) is 5.26 Å². The van der Waals surface area contributed by atoms with Crippen molar-refractivity contribution in [2.75, 3.05) is 6.61 Å². The van der Waals surface area contributed by atoms with Gasteiger partial charge < -0.3 is 4.74 Å². The molecule has 5 heteroatoms. The summed E-state index contributed by atoms with van der Waals surface area (Å²) in [6.45, 7) is 3.25. The van der Waals surface area contributed by atoms with Crippen LogP contribution in [0, 0.1) is 18.3 Å². The molecule has 25 heavy (non-hydrogen) atoms. The molecule has 0 spiro atoms. The van der Waals surface area contributed by atoms with Gasteiger partial charge in [-0.1, -0.05) is 48.0 Å². The summed E-state index contributed by atoms with van der Waals surface area (Å²) in [6.07, 6.45) is 2.39. The molecule has 132 valence electrons. The highest BCUT2D eigenvalue weighted by atomic mass is 32.2. The highest BCUT2D eigenvalue weighted by Gasteiger charge is 2.12. The van der Waals surface area contributed by atoms with Crippen LogP contribution in [0.5, 0.6) is 0 Å². The Labute approximate surface area is 152 Å². The molecular weight excluding hydrogens is 332 g/mol. The first-order valence-electron chi connectivity index (χ1n) is 8.45. The summed E-state index contributed by atoms with van der Waals surface area (Å²) in [7, 11) is -1.36. The van der Waals surface area contributed by atoms with E-state index in [2.05, 4.69) is 10.8 Å². The highest BCUT2D eigenvalue weighted by Crippen LogP contribution is 2.09. The molecule has 0 saturated carbocycles. The molecule has 0 bridgehead atoms. The molecule has 0 aliphatic rings. The number of nitriles is 1. The Kier molecular flexibility index (Phi) is 8.33. The Bertz CT molecular complexity index is 696. The summed E-state index contributed by atoms with van der Waals surface area (Å²) < 4.78 is 20.8. The van der Waals surface area contributed by atoms with Crippen molar-refractivity contribution in [3.8, 4) is 6.07 Å². The second kappa shape index (κ2) is 10.8. The predicted molar refractivity (Wildman–Crippen MR) is 100 cm³/mol. The van der Waals surface area contributed by atoms with Gasteiger partial charge in [0.25, 0.3) is 0 Å². The van der Waals surface area contributed by atoms with Crippen LogP contribution < -0.4 is 4.72 Å². The maximum Gasteiger partial charge on any atom is 0.126 e. The van der Waals surface area contributed by atoms with Gasteiger partial charge in [0.1, 0.15) is 17.0 Å². The lowest BCUT2D eigenvalue weighted by Crippen LogP contribution is -2.29. The van der Waals surface area contributed by atoms with E-state index < -0.39 is 17.0 Å². The van der Waals surface area contributed by atoms with Crippen LogP contribution in [0.1, 0.15) is 30.4 Å². The van der Waals surface area contributed by atoms with Crippen molar-refractivity contribution in [2.24, 2.45) is 0 Å². The first-order valence-corrected chi connectivity index (χ1v) is 9.60. The Balaban J connectivity index is 1.64. The standard InChI is InChI=1S/C20H24N2O2S/c1-17-10-12-20(13-11-17)25(23)22-19(15-21)9-5-6-14-24-16-18-7-3-2-4-8-18/h2-4,7-8,10-13,19,22H,5-6,9,14,16H2,1H3/t19-,25-/m0/s1. The van der Waals surface area contributed by atoms with Gasteiger partial charge in [-0.3, -0.25) is 0 Å². The van der Waals surface area contributed by atoms with Gasteiger partial charge >= 0.3 is 0 Å². The van der Waals surface area contributed by atoms with Crippen molar-refractivity contribution in [3.05, 3.63) is 65.7 Å². The number of nitrogens with one attached hydrogen (secondary N) is 1. The van der Waals surface area contributed by atoms with Crippen LogP contribution in [0.25, 0.3) is 0 Å². The van der Waals surface area contributed by atoms with E-state index in [1.54, 1.807) is 0 Å². The molecule has 2 atom stereocenters. The Morgan fingerprint density at radius 3 is 2.52 bits per heavy atom. The lowest BCUT2D eigenvalue weighted by molar-refractivity contribution is 0.116. The molecule has 0 radical (unpaired) electrons. The van der Waals surface area contributed by atoms with Crippen LogP contribution in [0.4, 0.5) is 0 Å². The largest absolute Gasteiger partial charge is 0.377 e. The predicted octanol–water partition coefficient (Wildman–Crippen LogP) is 3.89. The minimum Gasteiger partial charge on any atom is -0.377 e. The van der Waals surface area contributed by atoms with Gasteiger partial charge in [-0.25, -0.2) is 8.93 Å². The number of benzene rings is 2. The van der Waals surface area contributed by atoms with Crippen LogP contribution in [0.2, 0.25) is 0 Å². The van der Waals surface area contributed by atoms with E-state index in [-0.39, 0.29) is 0 Å². The number of unbranched alkanes of at least 4 members (excludes halogenated alkanes) is 1. The highest BCUT2D eigenvalue weighted by molar-refractivity contribution is 7.83. The number of aryl methyl sites for hydroxylation is 1. The molecule has 0 aliphatic heterocycles. The van der Waals surface area contributed by atoms with Gasteiger partial charge in [0, 0.05) is 6.61 Å². The second-order valence-electron chi connectivity index (χ2n) is 5.92. The first-order chi connectivity index (χ1) is 12.2. The van der Waals surface area contributed by atoms with Crippen molar-refractivity contribution < 1.29 is 8.95 Å². The van der Waals surface area contributed by atoms with Gasteiger partial charge in [0.05, 0.1) is 17.6 Å². The van der Waals surface area contributed by atoms with E-state index >= 15 is 0 Å². The fourth-order valence-electron chi connectivity index (χ4n) is 2.33. The van der Waals surface area contributed by atoms with Crippen LogP contribution in [0.3, 0.4) is 0 Å². The fraction of sp³-hybridized carbons (Fsp3) is 0.350.